The van der Waals surface area contributed by atoms with Gasteiger partial charge < -0.3 is 0 Å². The Kier molecular flexibility index (Phi) is 2.75. The highest BCUT2D eigenvalue weighted by Gasteiger charge is 2.13. The number of pyridine rings is 1. The van der Waals surface area contributed by atoms with E-state index < -0.39 is 0 Å². The number of rotatable bonds is 1. The van der Waals surface area contributed by atoms with Gasteiger partial charge in [0.2, 0.25) is 0 Å². The summed E-state index contributed by atoms with van der Waals surface area (Å²) >= 11 is 0. The van der Waals surface area contributed by atoms with E-state index in [9.17, 15) is 0 Å². The second-order valence-corrected chi connectivity index (χ2v) is 3.50. The van der Waals surface area contributed by atoms with Gasteiger partial charge in [0.25, 0.3) is 0 Å². The molecule has 2 rings (SSSR count). The van der Waals surface area contributed by atoms with Gasteiger partial charge in [-0.15, -0.1) is 0 Å². The normalized spacial score (nSPS) is 9.22. The minimum absolute atomic E-state index is 0.0410. The molecule has 0 aromatic carbocycles. The second-order valence-electron chi connectivity index (χ2n) is 3.50. The van der Waals surface area contributed by atoms with Gasteiger partial charge in [-0.05, 0) is 19.1 Å². The first kappa shape index (κ1) is 11.3. The van der Waals surface area contributed by atoms with Crippen LogP contribution >= 0.6 is 0 Å². The van der Waals surface area contributed by atoms with Crippen molar-refractivity contribution in [1.82, 2.24) is 14.5 Å². The number of hydrogen-bond acceptors (Lipinski definition) is 5. The first-order valence-electron chi connectivity index (χ1n) is 4.96. The van der Waals surface area contributed by atoms with Crippen molar-refractivity contribution in [2.75, 3.05) is 0 Å². The summed E-state index contributed by atoms with van der Waals surface area (Å²) in [6.07, 6.45) is 1.35. The average molecular weight is 234 g/mol. The SMILES string of the molecule is Cc1cc(C#N)cc(-n2cnc(C#N)c2C#N)n1. The molecule has 0 aliphatic rings. The maximum absolute atomic E-state index is 9.02. The van der Waals surface area contributed by atoms with Crippen molar-refractivity contribution in [2.45, 2.75) is 6.92 Å². The number of imidazole rings is 1. The molecule has 2 heterocycles. The van der Waals surface area contributed by atoms with Gasteiger partial charge in [0.1, 0.15) is 24.3 Å². The third-order valence-corrected chi connectivity index (χ3v) is 2.30. The van der Waals surface area contributed by atoms with Crippen LogP contribution in [0.25, 0.3) is 5.82 Å². The molecule has 0 aliphatic carbocycles. The lowest BCUT2D eigenvalue weighted by atomic mass is 10.2. The number of aryl methyl sites for hydroxylation is 1. The summed E-state index contributed by atoms with van der Waals surface area (Å²) in [4.78, 5) is 8.04. The maximum atomic E-state index is 9.02. The highest BCUT2D eigenvalue weighted by Crippen LogP contribution is 2.14. The van der Waals surface area contributed by atoms with E-state index in [1.807, 2.05) is 18.2 Å². The first-order valence-corrected chi connectivity index (χ1v) is 4.96. The van der Waals surface area contributed by atoms with E-state index in [1.54, 1.807) is 13.0 Å². The molecule has 0 radical (unpaired) electrons. The van der Waals surface area contributed by atoms with Crippen LogP contribution in [0.5, 0.6) is 0 Å². The Morgan fingerprint density at radius 3 is 2.50 bits per heavy atom. The van der Waals surface area contributed by atoms with E-state index in [-0.39, 0.29) is 11.4 Å². The molecule has 6 heteroatoms. The van der Waals surface area contributed by atoms with Crippen LogP contribution in [0.4, 0.5) is 0 Å². The summed E-state index contributed by atoms with van der Waals surface area (Å²) in [5, 5.41) is 26.7. The van der Waals surface area contributed by atoms with Crippen LogP contribution in [0.1, 0.15) is 22.6 Å². The Bertz CT molecular complexity index is 735. The lowest BCUT2D eigenvalue weighted by Gasteiger charge is -2.04. The minimum Gasteiger partial charge on any atom is -0.273 e. The molecule has 6 nitrogen and oxygen atoms in total. The van der Waals surface area contributed by atoms with Crippen LogP contribution in [-0.4, -0.2) is 14.5 Å². The molecule has 0 spiro atoms. The topological polar surface area (TPSA) is 102 Å². The Balaban J connectivity index is 2.68. The number of hydrogen-bond donors (Lipinski definition) is 0. The van der Waals surface area contributed by atoms with Gasteiger partial charge >= 0.3 is 0 Å². The largest absolute Gasteiger partial charge is 0.273 e. The summed E-state index contributed by atoms with van der Waals surface area (Å²) in [6.45, 7) is 1.75. The predicted octanol–water partition coefficient (Wildman–Crippen LogP) is 1.19. The molecular weight excluding hydrogens is 228 g/mol. The fraction of sp³-hybridized carbons (Fsp3) is 0.0833. The van der Waals surface area contributed by atoms with Crippen molar-refractivity contribution in [3.63, 3.8) is 0 Å². The molecule has 2 aromatic rings. The van der Waals surface area contributed by atoms with Crippen molar-refractivity contribution in [1.29, 1.82) is 15.8 Å². The maximum Gasteiger partial charge on any atom is 0.177 e. The molecule has 84 valence electrons. The second kappa shape index (κ2) is 4.37. The zero-order valence-electron chi connectivity index (χ0n) is 9.42. The van der Waals surface area contributed by atoms with E-state index in [0.717, 1.165) is 0 Å². The van der Waals surface area contributed by atoms with Gasteiger partial charge in [-0.3, -0.25) is 4.57 Å². The molecule has 0 N–H and O–H groups in total. The first-order chi connectivity index (χ1) is 8.69. The van der Waals surface area contributed by atoms with E-state index >= 15 is 0 Å². The molecule has 0 amide bonds. The van der Waals surface area contributed by atoms with Gasteiger partial charge in [0, 0.05) is 5.69 Å². The van der Waals surface area contributed by atoms with Gasteiger partial charge in [0.15, 0.2) is 11.4 Å². The zero-order valence-corrected chi connectivity index (χ0v) is 9.42. The van der Waals surface area contributed by atoms with Gasteiger partial charge in [0.05, 0.1) is 11.6 Å². The monoisotopic (exact) mass is 234 g/mol. The Labute approximate surface area is 103 Å². The van der Waals surface area contributed by atoms with Gasteiger partial charge in [-0.25, -0.2) is 9.97 Å². The number of nitriles is 3. The van der Waals surface area contributed by atoms with Crippen molar-refractivity contribution in [3.8, 4) is 24.0 Å². The Hall–Kier alpha value is -3.17. The fourth-order valence-corrected chi connectivity index (χ4v) is 1.55. The summed E-state index contributed by atoms with van der Waals surface area (Å²) in [5.74, 6) is 0.400. The average Bonchev–Trinajstić information content (AvgIpc) is 2.80. The van der Waals surface area contributed by atoms with E-state index in [4.69, 9.17) is 15.8 Å². The quantitative estimate of drug-likeness (QED) is 0.737. The highest BCUT2D eigenvalue weighted by atomic mass is 15.1. The van der Waals surface area contributed by atoms with Crippen LogP contribution in [0, 0.1) is 40.9 Å². The van der Waals surface area contributed by atoms with Crippen molar-refractivity contribution in [3.05, 3.63) is 41.1 Å². The Morgan fingerprint density at radius 2 is 1.89 bits per heavy atom. The standard InChI is InChI=1S/C12H6N6/c1-8-2-9(4-13)3-12(17-8)18-7-16-10(5-14)11(18)6-15/h2-3,7H,1H3. The molecule has 18 heavy (non-hydrogen) atoms. The zero-order chi connectivity index (χ0) is 13.1. The molecule has 0 saturated carbocycles. The molecule has 0 bridgehead atoms. The van der Waals surface area contributed by atoms with Crippen molar-refractivity contribution < 1.29 is 0 Å². The number of aromatic nitrogens is 3. The molecule has 0 atom stereocenters. The third kappa shape index (κ3) is 1.77. The summed E-state index contributed by atoms with van der Waals surface area (Å²) in [5.41, 5.74) is 1.24. The fourth-order valence-electron chi connectivity index (χ4n) is 1.55. The summed E-state index contributed by atoms with van der Waals surface area (Å²) in [7, 11) is 0. The predicted molar refractivity (Wildman–Crippen MR) is 60.2 cm³/mol. The van der Waals surface area contributed by atoms with Crippen LogP contribution in [0.15, 0.2) is 18.5 Å². The van der Waals surface area contributed by atoms with Crippen molar-refractivity contribution in [2.24, 2.45) is 0 Å². The Morgan fingerprint density at radius 1 is 1.11 bits per heavy atom. The molecule has 0 fully saturated rings. The van der Waals surface area contributed by atoms with E-state index in [0.29, 0.717) is 17.1 Å². The summed E-state index contributed by atoms with van der Waals surface area (Å²) in [6, 6.07) is 8.93. The van der Waals surface area contributed by atoms with Crippen molar-refractivity contribution >= 4 is 0 Å². The highest BCUT2D eigenvalue weighted by molar-refractivity contribution is 5.44. The van der Waals surface area contributed by atoms with Crippen LogP contribution < -0.4 is 0 Å². The lowest BCUT2D eigenvalue weighted by molar-refractivity contribution is 0.958. The van der Waals surface area contributed by atoms with E-state index in [2.05, 4.69) is 9.97 Å². The van der Waals surface area contributed by atoms with Gasteiger partial charge in [-0.2, -0.15) is 15.8 Å². The lowest BCUT2D eigenvalue weighted by Crippen LogP contribution is -2.01. The summed E-state index contributed by atoms with van der Waals surface area (Å²) < 4.78 is 1.40. The van der Waals surface area contributed by atoms with Crippen LogP contribution in [-0.2, 0) is 0 Å². The molecule has 0 unspecified atom stereocenters. The molecule has 0 saturated heterocycles. The van der Waals surface area contributed by atoms with Crippen LogP contribution in [0.3, 0.4) is 0 Å². The van der Waals surface area contributed by atoms with Crippen LogP contribution in [0.2, 0.25) is 0 Å². The molecule has 0 aliphatic heterocycles. The number of nitrogens with zero attached hydrogens (tertiary/aromatic N) is 6. The minimum atomic E-state index is 0.0410. The molecule has 2 aromatic heterocycles. The van der Waals surface area contributed by atoms with E-state index in [1.165, 1.54) is 17.0 Å². The third-order valence-electron chi connectivity index (χ3n) is 2.30. The molecular formula is C12H6N6. The van der Waals surface area contributed by atoms with Gasteiger partial charge in [-0.1, -0.05) is 0 Å². The smallest absolute Gasteiger partial charge is 0.177 e.